The lowest BCUT2D eigenvalue weighted by Crippen LogP contribution is -2.19. The van der Waals surface area contributed by atoms with Crippen molar-refractivity contribution >= 4 is 17.4 Å². The minimum absolute atomic E-state index is 0.263. The van der Waals surface area contributed by atoms with Crippen LogP contribution in [0.1, 0.15) is 16.1 Å². The number of carbonyl (C=O) groups is 1. The summed E-state index contributed by atoms with van der Waals surface area (Å²) in [5, 5.41) is 13.4. The van der Waals surface area contributed by atoms with E-state index in [1.165, 1.54) is 0 Å². The highest BCUT2D eigenvalue weighted by atomic mass is 16.1. The smallest absolute Gasteiger partial charge is 0.271 e. The summed E-state index contributed by atoms with van der Waals surface area (Å²) in [5.41, 5.74) is 7.80. The number of para-hydroxylation sites is 1. The van der Waals surface area contributed by atoms with Gasteiger partial charge in [-0.15, -0.1) is 10.2 Å². The highest BCUT2D eigenvalue weighted by molar-refractivity contribution is 5.91. The fraction of sp³-hybridized carbons (Fsp3) is 0.154. The molecule has 1 heterocycles. The lowest BCUT2D eigenvalue weighted by Gasteiger charge is -2.09. The SMILES string of the molecule is CNC(=O)c1ccc(Nc2ccccc2CN)nn1. The lowest BCUT2D eigenvalue weighted by molar-refractivity contribution is 0.0957. The monoisotopic (exact) mass is 257 g/mol. The molecule has 1 amide bonds. The van der Waals surface area contributed by atoms with Gasteiger partial charge in [0.1, 0.15) is 0 Å². The Bertz CT molecular complexity index is 568. The summed E-state index contributed by atoms with van der Waals surface area (Å²) in [6.07, 6.45) is 0. The van der Waals surface area contributed by atoms with Crippen molar-refractivity contribution in [1.82, 2.24) is 15.5 Å². The summed E-state index contributed by atoms with van der Waals surface area (Å²) in [4.78, 5) is 11.3. The van der Waals surface area contributed by atoms with Crippen molar-refractivity contribution in [3.05, 3.63) is 47.7 Å². The van der Waals surface area contributed by atoms with Crippen molar-refractivity contribution in [3.63, 3.8) is 0 Å². The third-order valence-corrected chi connectivity index (χ3v) is 2.62. The van der Waals surface area contributed by atoms with E-state index < -0.39 is 0 Å². The maximum Gasteiger partial charge on any atom is 0.271 e. The molecule has 0 saturated carbocycles. The van der Waals surface area contributed by atoms with Crippen molar-refractivity contribution in [2.24, 2.45) is 5.73 Å². The van der Waals surface area contributed by atoms with E-state index in [2.05, 4.69) is 20.8 Å². The average molecular weight is 257 g/mol. The second-order valence-corrected chi connectivity index (χ2v) is 3.87. The Kier molecular flexibility index (Phi) is 4.04. The maximum absolute atomic E-state index is 11.3. The Morgan fingerprint density at radius 2 is 2.00 bits per heavy atom. The molecule has 6 nitrogen and oxygen atoms in total. The molecular formula is C13H15N5O. The van der Waals surface area contributed by atoms with Crippen LogP contribution in [0.4, 0.5) is 11.5 Å². The van der Waals surface area contributed by atoms with Crippen LogP contribution < -0.4 is 16.4 Å². The number of aromatic nitrogens is 2. The van der Waals surface area contributed by atoms with E-state index in [4.69, 9.17) is 5.73 Å². The Labute approximate surface area is 111 Å². The number of nitrogens with one attached hydrogen (secondary N) is 2. The number of rotatable bonds is 4. The van der Waals surface area contributed by atoms with Crippen molar-refractivity contribution in [3.8, 4) is 0 Å². The van der Waals surface area contributed by atoms with Crippen molar-refractivity contribution in [2.75, 3.05) is 12.4 Å². The Balaban J connectivity index is 2.17. The first kappa shape index (κ1) is 13.0. The van der Waals surface area contributed by atoms with E-state index in [0.29, 0.717) is 12.4 Å². The molecule has 19 heavy (non-hydrogen) atoms. The quantitative estimate of drug-likeness (QED) is 0.761. The predicted molar refractivity (Wildman–Crippen MR) is 73.0 cm³/mol. The van der Waals surface area contributed by atoms with Gasteiger partial charge in [0.2, 0.25) is 0 Å². The summed E-state index contributed by atoms with van der Waals surface area (Å²) >= 11 is 0. The normalized spacial score (nSPS) is 10.0. The number of nitrogens with zero attached hydrogens (tertiary/aromatic N) is 2. The first-order valence-electron chi connectivity index (χ1n) is 5.85. The van der Waals surface area contributed by atoms with Crippen molar-refractivity contribution in [2.45, 2.75) is 6.54 Å². The number of benzene rings is 1. The first-order valence-corrected chi connectivity index (χ1v) is 5.85. The molecule has 0 radical (unpaired) electrons. The second-order valence-electron chi connectivity index (χ2n) is 3.87. The van der Waals surface area contributed by atoms with E-state index in [9.17, 15) is 4.79 Å². The van der Waals surface area contributed by atoms with Crippen LogP contribution in [0.25, 0.3) is 0 Å². The molecule has 0 spiro atoms. The van der Waals surface area contributed by atoms with Gasteiger partial charge in [-0.05, 0) is 23.8 Å². The van der Waals surface area contributed by atoms with Gasteiger partial charge in [-0.3, -0.25) is 4.79 Å². The van der Waals surface area contributed by atoms with E-state index in [1.807, 2.05) is 24.3 Å². The van der Waals surface area contributed by atoms with E-state index >= 15 is 0 Å². The van der Waals surface area contributed by atoms with Crippen LogP contribution in [0.3, 0.4) is 0 Å². The average Bonchev–Trinajstić information content (AvgIpc) is 2.48. The molecule has 0 fully saturated rings. The second kappa shape index (κ2) is 5.92. The number of amides is 1. The molecule has 0 aliphatic rings. The van der Waals surface area contributed by atoms with Crippen LogP contribution in [-0.2, 0) is 6.54 Å². The molecule has 0 atom stereocenters. The van der Waals surface area contributed by atoms with Crippen LogP contribution >= 0.6 is 0 Å². The molecule has 0 saturated heterocycles. The summed E-state index contributed by atoms with van der Waals surface area (Å²) in [6.45, 7) is 0.437. The summed E-state index contributed by atoms with van der Waals surface area (Å²) < 4.78 is 0. The van der Waals surface area contributed by atoms with Crippen LogP contribution in [0.2, 0.25) is 0 Å². The molecule has 4 N–H and O–H groups in total. The fourth-order valence-corrected chi connectivity index (χ4v) is 1.61. The summed E-state index contributed by atoms with van der Waals surface area (Å²) in [5.74, 6) is 0.301. The number of hydrogen-bond donors (Lipinski definition) is 3. The van der Waals surface area contributed by atoms with Gasteiger partial charge in [-0.1, -0.05) is 18.2 Å². The topological polar surface area (TPSA) is 92.9 Å². The summed E-state index contributed by atoms with van der Waals surface area (Å²) in [7, 11) is 1.55. The fourth-order valence-electron chi connectivity index (χ4n) is 1.61. The zero-order chi connectivity index (χ0) is 13.7. The van der Waals surface area contributed by atoms with Gasteiger partial charge in [0.25, 0.3) is 5.91 Å². The molecule has 98 valence electrons. The minimum Gasteiger partial charge on any atom is -0.354 e. The lowest BCUT2D eigenvalue weighted by atomic mass is 10.2. The zero-order valence-electron chi connectivity index (χ0n) is 10.6. The molecular weight excluding hydrogens is 242 g/mol. The van der Waals surface area contributed by atoms with Gasteiger partial charge in [-0.25, -0.2) is 0 Å². The molecule has 2 aromatic rings. The van der Waals surface area contributed by atoms with Gasteiger partial charge in [0.15, 0.2) is 11.5 Å². The molecule has 1 aromatic heterocycles. The standard InChI is InChI=1S/C13H15N5O/c1-15-13(19)11-6-7-12(18-17-11)16-10-5-3-2-4-9(10)8-14/h2-7H,8,14H2,1H3,(H,15,19)(H,16,18). The molecule has 2 rings (SSSR count). The van der Waals surface area contributed by atoms with Crippen LogP contribution in [0.15, 0.2) is 36.4 Å². The maximum atomic E-state index is 11.3. The Hall–Kier alpha value is -2.47. The molecule has 0 aliphatic heterocycles. The molecule has 1 aromatic carbocycles. The first-order chi connectivity index (χ1) is 9.24. The van der Waals surface area contributed by atoms with E-state index in [1.54, 1.807) is 19.2 Å². The Morgan fingerprint density at radius 3 is 2.63 bits per heavy atom. The number of nitrogens with two attached hydrogens (primary N) is 1. The summed E-state index contributed by atoms with van der Waals surface area (Å²) in [6, 6.07) is 11.0. The molecule has 0 unspecified atom stereocenters. The van der Waals surface area contributed by atoms with Gasteiger partial charge in [-0.2, -0.15) is 0 Å². The van der Waals surface area contributed by atoms with Gasteiger partial charge in [0.05, 0.1) is 0 Å². The molecule has 0 bridgehead atoms. The molecule has 6 heteroatoms. The van der Waals surface area contributed by atoms with Gasteiger partial charge >= 0.3 is 0 Å². The molecule has 0 aliphatic carbocycles. The zero-order valence-corrected chi connectivity index (χ0v) is 10.6. The van der Waals surface area contributed by atoms with E-state index in [-0.39, 0.29) is 11.6 Å². The Morgan fingerprint density at radius 1 is 1.21 bits per heavy atom. The van der Waals surface area contributed by atoms with Crippen molar-refractivity contribution < 1.29 is 4.79 Å². The third-order valence-electron chi connectivity index (χ3n) is 2.62. The van der Waals surface area contributed by atoms with Crippen LogP contribution in [0, 0.1) is 0 Å². The number of hydrogen-bond acceptors (Lipinski definition) is 5. The third kappa shape index (κ3) is 3.05. The minimum atomic E-state index is -0.263. The van der Waals surface area contributed by atoms with Gasteiger partial charge in [0, 0.05) is 19.3 Å². The van der Waals surface area contributed by atoms with Crippen LogP contribution in [0.5, 0.6) is 0 Å². The highest BCUT2D eigenvalue weighted by Crippen LogP contribution is 2.18. The van der Waals surface area contributed by atoms with Crippen molar-refractivity contribution in [1.29, 1.82) is 0 Å². The highest BCUT2D eigenvalue weighted by Gasteiger charge is 2.06. The predicted octanol–water partition coefficient (Wildman–Crippen LogP) is 1.04. The number of carbonyl (C=O) groups excluding carboxylic acids is 1. The van der Waals surface area contributed by atoms with Gasteiger partial charge < -0.3 is 16.4 Å². The van der Waals surface area contributed by atoms with Crippen LogP contribution in [-0.4, -0.2) is 23.2 Å². The largest absolute Gasteiger partial charge is 0.354 e. The van der Waals surface area contributed by atoms with E-state index in [0.717, 1.165) is 11.3 Å². The number of anilines is 2.